The average molecular weight is 276 g/mol. The van der Waals surface area contributed by atoms with Crippen molar-refractivity contribution in [3.05, 3.63) is 29.6 Å². The molecule has 0 bridgehead atoms. The fourth-order valence-corrected chi connectivity index (χ4v) is 2.28. The number of amides is 2. The highest BCUT2D eigenvalue weighted by Gasteiger charge is 2.33. The van der Waals surface area contributed by atoms with E-state index >= 15 is 0 Å². The van der Waals surface area contributed by atoms with Crippen molar-refractivity contribution in [3.63, 3.8) is 0 Å². The molecule has 20 heavy (non-hydrogen) atoms. The van der Waals surface area contributed by atoms with E-state index in [9.17, 15) is 9.59 Å². The number of aromatic nitrogens is 1. The highest BCUT2D eigenvalue weighted by molar-refractivity contribution is 5.96. The van der Waals surface area contributed by atoms with Gasteiger partial charge >= 0.3 is 0 Å². The van der Waals surface area contributed by atoms with Gasteiger partial charge in [0, 0.05) is 39.4 Å². The van der Waals surface area contributed by atoms with E-state index in [4.69, 9.17) is 0 Å². The van der Waals surface area contributed by atoms with Gasteiger partial charge in [-0.05, 0) is 19.1 Å². The van der Waals surface area contributed by atoms with Crippen molar-refractivity contribution in [2.45, 2.75) is 13.0 Å². The number of nitrogens with one attached hydrogen (secondary N) is 1. The number of carbonyl (C=O) groups is 2. The molecule has 1 atom stereocenters. The summed E-state index contributed by atoms with van der Waals surface area (Å²) in [6.07, 6.45) is 0. The topological polar surface area (TPSA) is 65.5 Å². The van der Waals surface area contributed by atoms with Gasteiger partial charge in [-0.1, -0.05) is 6.07 Å². The Hall–Kier alpha value is -1.95. The van der Waals surface area contributed by atoms with E-state index in [2.05, 4.69) is 10.3 Å². The molecule has 1 aromatic heterocycles. The Labute approximate surface area is 118 Å². The monoisotopic (exact) mass is 276 g/mol. The second-order valence-corrected chi connectivity index (χ2v) is 5.12. The Morgan fingerprint density at radius 2 is 2.15 bits per heavy atom. The molecule has 0 saturated carbocycles. The number of rotatable bonds is 2. The van der Waals surface area contributed by atoms with Crippen molar-refractivity contribution in [1.82, 2.24) is 20.1 Å². The molecule has 1 saturated heterocycles. The molecule has 2 heterocycles. The van der Waals surface area contributed by atoms with E-state index in [0.29, 0.717) is 25.3 Å². The summed E-state index contributed by atoms with van der Waals surface area (Å²) < 4.78 is 0. The molecule has 1 unspecified atom stereocenters. The standard InChI is InChI=1S/C14H20N4O2/c1-10-5-4-6-11(16-10)13(19)18-8-7-15-9-12(18)14(20)17(2)3/h4-6,12,15H,7-9H2,1-3H3. The largest absolute Gasteiger partial charge is 0.347 e. The zero-order valence-electron chi connectivity index (χ0n) is 12.1. The van der Waals surface area contributed by atoms with Crippen molar-refractivity contribution < 1.29 is 9.59 Å². The summed E-state index contributed by atoms with van der Waals surface area (Å²) in [6.45, 7) is 3.53. The van der Waals surface area contributed by atoms with E-state index in [-0.39, 0.29) is 11.8 Å². The van der Waals surface area contributed by atoms with Crippen LogP contribution in [0.1, 0.15) is 16.2 Å². The summed E-state index contributed by atoms with van der Waals surface area (Å²) in [5.74, 6) is -0.256. The van der Waals surface area contributed by atoms with Gasteiger partial charge in [0.15, 0.2) is 0 Å². The molecule has 2 amide bonds. The molecule has 6 nitrogen and oxygen atoms in total. The van der Waals surface area contributed by atoms with Crippen LogP contribution < -0.4 is 5.32 Å². The third kappa shape index (κ3) is 2.96. The maximum absolute atomic E-state index is 12.6. The lowest BCUT2D eigenvalue weighted by atomic mass is 10.1. The van der Waals surface area contributed by atoms with Crippen LogP contribution in [-0.2, 0) is 4.79 Å². The molecule has 1 N–H and O–H groups in total. The van der Waals surface area contributed by atoms with Crippen LogP contribution in [0.4, 0.5) is 0 Å². The summed E-state index contributed by atoms with van der Waals surface area (Å²) in [4.78, 5) is 32.1. The first-order valence-electron chi connectivity index (χ1n) is 6.67. The number of hydrogen-bond donors (Lipinski definition) is 1. The minimum Gasteiger partial charge on any atom is -0.347 e. The fourth-order valence-electron chi connectivity index (χ4n) is 2.28. The zero-order chi connectivity index (χ0) is 14.7. The minimum absolute atomic E-state index is 0.0711. The van der Waals surface area contributed by atoms with Crippen LogP contribution in [0, 0.1) is 6.92 Å². The number of aryl methyl sites for hydroxylation is 1. The van der Waals surface area contributed by atoms with Crippen LogP contribution in [0.15, 0.2) is 18.2 Å². The molecule has 6 heteroatoms. The molecule has 0 aliphatic carbocycles. The van der Waals surface area contributed by atoms with Crippen LogP contribution in [-0.4, -0.2) is 66.4 Å². The number of piperazine rings is 1. The lowest BCUT2D eigenvalue weighted by Gasteiger charge is -2.36. The molecular formula is C14H20N4O2. The first kappa shape index (κ1) is 14.5. The highest BCUT2D eigenvalue weighted by Crippen LogP contribution is 2.11. The Bertz CT molecular complexity index is 516. The first-order valence-corrected chi connectivity index (χ1v) is 6.67. The molecule has 0 aromatic carbocycles. The van der Waals surface area contributed by atoms with Gasteiger partial charge in [0.1, 0.15) is 11.7 Å². The van der Waals surface area contributed by atoms with E-state index in [1.807, 2.05) is 13.0 Å². The van der Waals surface area contributed by atoms with Crippen molar-refractivity contribution in [1.29, 1.82) is 0 Å². The Morgan fingerprint density at radius 1 is 1.40 bits per heavy atom. The van der Waals surface area contributed by atoms with Gasteiger partial charge in [-0.3, -0.25) is 9.59 Å². The summed E-state index contributed by atoms with van der Waals surface area (Å²) in [7, 11) is 3.40. The van der Waals surface area contributed by atoms with Crippen LogP contribution in [0.2, 0.25) is 0 Å². The van der Waals surface area contributed by atoms with Crippen LogP contribution in [0.25, 0.3) is 0 Å². The molecule has 0 radical (unpaired) electrons. The van der Waals surface area contributed by atoms with E-state index in [1.54, 1.807) is 31.1 Å². The summed E-state index contributed by atoms with van der Waals surface area (Å²) >= 11 is 0. The van der Waals surface area contributed by atoms with Gasteiger partial charge in [0.05, 0.1) is 0 Å². The Balaban J connectivity index is 2.23. The smallest absolute Gasteiger partial charge is 0.273 e. The quantitative estimate of drug-likeness (QED) is 0.819. The van der Waals surface area contributed by atoms with Crippen LogP contribution >= 0.6 is 0 Å². The van der Waals surface area contributed by atoms with Gasteiger partial charge < -0.3 is 15.1 Å². The number of hydrogen-bond acceptors (Lipinski definition) is 4. The molecule has 1 aliphatic heterocycles. The maximum Gasteiger partial charge on any atom is 0.273 e. The van der Waals surface area contributed by atoms with E-state index in [0.717, 1.165) is 5.69 Å². The normalized spacial score (nSPS) is 18.8. The number of carbonyl (C=O) groups excluding carboxylic acids is 2. The second kappa shape index (κ2) is 6.00. The highest BCUT2D eigenvalue weighted by atomic mass is 16.2. The molecule has 1 aromatic rings. The number of nitrogens with zero attached hydrogens (tertiary/aromatic N) is 3. The maximum atomic E-state index is 12.6. The molecule has 2 rings (SSSR count). The Morgan fingerprint density at radius 3 is 2.80 bits per heavy atom. The second-order valence-electron chi connectivity index (χ2n) is 5.12. The fraction of sp³-hybridized carbons (Fsp3) is 0.500. The molecule has 108 valence electrons. The first-order chi connectivity index (χ1) is 9.50. The number of pyridine rings is 1. The van der Waals surface area contributed by atoms with Gasteiger partial charge in [0.2, 0.25) is 5.91 Å². The zero-order valence-corrected chi connectivity index (χ0v) is 12.1. The van der Waals surface area contributed by atoms with Crippen LogP contribution in [0.5, 0.6) is 0 Å². The molecule has 1 fully saturated rings. The predicted molar refractivity (Wildman–Crippen MR) is 75.4 cm³/mol. The van der Waals surface area contributed by atoms with Crippen molar-refractivity contribution >= 4 is 11.8 Å². The SMILES string of the molecule is Cc1cccc(C(=O)N2CCNCC2C(=O)N(C)C)n1. The molecule has 0 spiro atoms. The third-order valence-corrected chi connectivity index (χ3v) is 3.34. The van der Waals surface area contributed by atoms with Gasteiger partial charge in [-0.2, -0.15) is 0 Å². The number of likely N-dealkylation sites (N-methyl/N-ethyl adjacent to an activating group) is 1. The summed E-state index contributed by atoms with van der Waals surface area (Å²) in [5, 5.41) is 3.16. The summed E-state index contributed by atoms with van der Waals surface area (Å²) in [5.41, 5.74) is 1.19. The Kier molecular flexibility index (Phi) is 4.34. The van der Waals surface area contributed by atoms with Crippen molar-refractivity contribution in [3.8, 4) is 0 Å². The summed E-state index contributed by atoms with van der Waals surface area (Å²) in [6, 6.07) is 4.88. The lowest BCUT2D eigenvalue weighted by molar-refractivity contribution is -0.134. The van der Waals surface area contributed by atoms with Crippen LogP contribution in [0.3, 0.4) is 0 Å². The van der Waals surface area contributed by atoms with E-state index < -0.39 is 6.04 Å². The average Bonchev–Trinajstić information content (AvgIpc) is 2.45. The molecular weight excluding hydrogens is 256 g/mol. The van der Waals surface area contributed by atoms with Gasteiger partial charge in [-0.25, -0.2) is 4.98 Å². The van der Waals surface area contributed by atoms with E-state index in [1.165, 1.54) is 4.90 Å². The van der Waals surface area contributed by atoms with Gasteiger partial charge in [0.25, 0.3) is 5.91 Å². The van der Waals surface area contributed by atoms with Crippen molar-refractivity contribution in [2.24, 2.45) is 0 Å². The lowest BCUT2D eigenvalue weighted by Crippen LogP contribution is -2.59. The molecule has 1 aliphatic rings. The minimum atomic E-state index is -0.464. The van der Waals surface area contributed by atoms with Gasteiger partial charge in [-0.15, -0.1) is 0 Å². The predicted octanol–water partition coefficient (Wildman–Crippen LogP) is -0.108. The van der Waals surface area contributed by atoms with Crippen molar-refractivity contribution in [2.75, 3.05) is 33.7 Å². The third-order valence-electron chi connectivity index (χ3n) is 3.34.